The molecule has 0 radical (unpaired) electrons. The van der Waals surface area contributed by atoms with Gasteiger partial charge < -0.3 is 10.5 Å². The van der Waals surface area contributed by atoms with Crippen LogP contribution < -0.4 is 10.5 Å². The van der Waals surface area contributed by atoms with E-state index in [1.807, 2.05) is 6.92 Å². The largest absolute Gasteiger partial charge is 0.378 e. The fraction of sp³-hybridized carbons (Fsp3) is 0.750. The van der Waals surface area contributed by atoms with E-state index in [4.69, 9.17) is 10.5 Å². The zero-order chi connectivity index (χ0) is 12.5. The first-order chi connectivity index (χ1) is 7.99. The van der Waals surface area contributed by atoms with E-state index in [-0.39, 0.29) is 21.5 Å². The first-order valence-electron chi connectivity index (χ1n) is 5.19. The van der Waals surface area contributed by atoms with Gasteiger partial charge in [-0.05, 0) is 13.3 Å². The van der Waals surface area contributed by atoms with Crippen molar-refractivity contribution >= 4 is 26.5 Å². The number of aromatic nitrogens is 2. The van der Waals surface area contributed by atoms with E-state index in [1.165, 1.54) is 0 Å². The van der Waals surface area contributed by atoms with Gasteiger partial charge >= 0.3 is 0 Å². The van der Waals surface area contributed by atoms with E-state index in [0.29, 0.717) is 13.2 Å². The molecular weight excluding hydrogens is 264 g/mol. The average Bonchev–Trinajstić information content (AvgIpc) is 2.85. The first-order valence-corrected chi connectivity index (χ1v) is 7.49. The lowest BCUT2D eigenvalue weighted by Gasteiger charge is -2.13. The number of hydrogen-bond donors (Lipinski definition) is 2. The fourth-order valence-electron chi connectivity index (χ4n) is 1.65. The second-order valence-electron chi connectivity index (χ2n) is 3.88. The Kier molecular flexibility index (Phi) is 3.61. The summed E-state index contributed by atoms with van der Waals surface area (Å²) >= 11 is 0.852. The number of nitrogen functional groups attached to an aromatic ring is 1. The molecule has 17 heavy (non-hydrogen) atoms. The summed E-state index contributed by atoms with van der Waals surface area (Å²) in [5.41, 5.74) is 5.35. The Morgan fingerprint density at radius 3 is 2.88 bits per heavy atom. The lowest BCUT2D eigenvalue weighted by Crippen LogP contribution is -2.32. The van der Waals surface area contributed by atoms with Crippen LogP contribution in [-0.2, 0) is 14.8 Å². The minimum Gasteiger partial charge on any atom is -0.378 e. The van der Waals surface area contributed by atoms with Crippen molar-refractivity contribution in [3.8, 4) is 0 Å². The molecule has 0 aromatic carbocycles. The van der Waals surface area contributed by atoms with Gasteiger partial charge in [0.15, 0.2) is 0 Å². The van der Waals surface area contributed by atoms with Crippen LogP contribution in [0.5, 0.6) is 0 Å². The van der Waals surface area contributed by atoms with Gasteiger partial charge in [-0.2, -0.15) is 0 Å². The Morgan fingerprint density at radius 2 is 2.35 bits per heavy atom. The minimum atomic E-state index is -3.59. The lowest BCUT2D eigenvalue weighted by molar-refractivity contribution is 0.107. The summed E-state index contributed by atoms with van der Waals surface area (Å²) in [4.78, 5) is 0. The molecule has 2 atom stereocenters. The van der Waals surface area contributed by atoms with Gasteiger partial charge in [-0.25, -0.2) is 13.1 Å². The monoisotopic (exact) mass is 278 g/mol. The molecule has 2 unspecified atom stereocenters. The molecule has 1 aliphatic heterocycles. The van der Waals surface area contributed by atoms with Crippen molar-refractivity contribution in [2.75, 3.05) is 18.9 Å². The summed E-state index contributed by atoms with van der Waals surface area (Å²) in [6.45, 7) is 2.97. The van der Waals surface area contributed by atoms with Crippen molar-refractivity contribution < 1.29 is 13.2 Å². The molecule has 1 aromatic heterocycles. The molecular formula is C8H14N4O3S2. The Balaban J connectivity index is 1.98. The van der Waals surface area contributed by atoms with Crippen molar-refractivity contribution in [3.63, 3.8) is 0 Å². The fourth-order valence-corrected chi connectivity index (χ4v) is 3.57. The molecule has 0 amide bonds. The quantitative estimate of drug-likeness (QED) is 0.791. The van der Waals surface area contributed by atoms with Gasteiger partial charge in [0.05, 0.1) is 6.10 Å². The number of sulfonamides is 1. The first kappa shape index (κ1) is 12.7. The SMILES string of the molecule is CC1OCCC1CNS(=O)(=O)c1nnc(N)s1. The molecule has 3 N–H and O–H groups in total. The van der Waals surface area contributed by atoms with Crippen LogP contribution in [0.1, 0.15) is 13.3 Å². The van der Waals surface area contributed by atoms with Crippen LogP contribution in [0.2, 0.25) is 0 Å². The highest BCUT2D eigenvalue weighted by molar-refractivity contribution is 7.91. The molecule has 9 heteroatoms. The summed E-state index contributed by atoms with van der Waals surface area (Å²) in [7, 11) is -3.59. The highest BCUT2D eigenvalue weighted by atomic mass is 32.2. The molecule has 1 saturated heterocycles. The molecule has 0 saturated carbocycles. The van der Waals surface area contributed by atoms with E-state index in [1.54, 1.807) is 0 Å². The van der Waals surface area contributed by atoms with Gasteiger partial charge in [0.1, 0.15) is 0 Å². The average molecular weight is 278 g/mol. The van der Waals surface area contributed by atoms with Crippen molar-refractivity contribution in [1.29, 1.82) is 0 Å². The van der Waals surface area contributed by atoms with Gasteiger partial charge in [0.25, 0.3) is 10.0 Å². The minimum absolute atomic E-state index is 0.0807. The number of rotatable bonds is 4. The predicted molar refractivity (Wildman–Crippen MR) is 63.0 cm³/mol. The number of hydrogen-bond acceptors (Lipinski definition) is 7. The Bertz CT molecular complexity index is 487. The van der Waals surface area contributed by atoms with Crippen molar-refractivity contribution in [1.82, 2.24) is 14.9 Å². The third kappa shape index (κ3) is 2.92. The van der Waals surface area contributed by atoms with Gasteiger partial charge in [0.2, 0.25) is 9.47 Å². The molecule has 96 valence electrons. The maximum absolute atomic E-state index is 11.8. The smallest absolute Gasteiger partial charge is 0.269 e. The van der Waals surface area contributed by atoms with Crippen molar-refractivity contribution in [2.24, 2.45) is 5.92 Å². The predicted octanol–water partition coefficient (Wildman–Crippen LogP) is -0.176. The Hall–Kier alpha value is -0.770. The van der Waals surface area contributed by atoms with Gasteiger partial charge in [-0.15, -0.1) is 10.2 Å². The Labute approximate surface area is 103 Å². The summed E-state index contributed by atoms with van der Waals surface area (Å²) in [5, 5.41) is 7.14. The number of nitrogens with two attached hydrogens (primary N) is 1. The number of ether oxygens (including phenoxy) is 1. The van der Waals surface area contributed by atoms with Crippen LogP contribution in [0.25, 0.3) is 0 Å². The van der Waals surface area contributed by atoms with Gasteiger partial charge in [0, 0.05) is 19.1 Å². The van der Waals surface area contributed by atoms with Crippen molar-refractivity contribution in [2.45, 2.75) is 23.8 Å². The topological polar surface area (TPSA) is 107 Å². The highest BCUT2D eigenvalue weighted by Gasteiger charge is 2.27. The van der Waals surface area contributed by atoms with Crippen LogP contribution in [0.3, 0.4) is 0 Å². The van der Waals surface area contributed by atoms with E-state index in [9.17, 15) is 8.42 Å². The normalized spacial score (nSPS) is 25.2. The third-order valence-electron chi connectivity index (χ3n) is 2.72. The van der Waals surface area contributed by atoms with Crippen LogP contribution in [0.15, 0.2) is 4.34 Å². The molecule has 1 fully saturated rings. The van der Waals surface area contributed by atoms with Gasteiger partial charge in [-0.1, -0.05) is 11.3 Å². The van der Waals surface area contributed by atoms with Crippen LogP contribution in [0.4, 0.5) is 5.13 Å². The standard InChI is InChI=1S/C8H14N4O3S2/c1-5-6(2-3-15-5)4-10-17(13,14)8-12-11-7(9)16-8/h5-6,10H,2-4H2,1H3,(H2,9,11). The molecule has 0 spiro atoms. The van der Waals surface area contributed by atoms with E-state index in [2.05, 4.69) is 14.9 Å². The second kappa shape index (κ2) is 4.84. The van der Waals surface area contributed by atoms with E-state index in [0.717, 1.165) is 17.8 Å². The summed E-state index contributed by atoms with van der Waals surface area (Å²) in [5.74, 6) is 0.204. The van der Waals surface area contributed by atoms with E-state index < -0.39 is 10.0 Å². The second-order valence-corrected chi connectivity index (χ2v) is 6.83. The molecule has 0 aliphatic carbocycles. The lowest BCUT2D eigenvalue weighted by atomic mass is 10.0. The summed E-state index contributed by atoms with van der Waals surface area (Å²) in [6.07, 6.45) is 0.944. The molecule has 2 heterocycles. The van der Waals surface area contributed by atoms with E-state index >= 15 is 0 Å². The third-order valence-corrected chi connectivity index (χ3v) is 5.26. The highest BCUT2D eigenvalue weighted by Crippen LogP contribution is 2.21. The summed E-state index contributed by atoms with van der Waals surface area (Å²) in [6, 6.07) is 0. The molecule has 7 nitrogen and oxygen atoms in total. The number of nitrogens with one attached hydrogen (secondary N) is 1. The maximum Gasteiger partial charge on any atom is 0.269 e. The number of nitrogens with zero attached hydrogens (tertiary/aromatic N) is 2. The van der Waals surface area contributed by atoms with Crippen LogP contribution in [-0.4, -0.2) is 37.9 Å². The molecule has 2 rings (SSSR count). The van der Waals surface area contributed by atoms with Crippen LogP contribution in [0, 0.1) is 5.92 Å². The maximum atomic E-state index is 11.8. The van der Waals surface area contributed by atoms with Crippen molar-refractivity contribution in [3.05, 3.63) is 0 Å². The summed E-state index contributed by atoms with van der Waals surface area (Å²) < 4.78 is 31.4. The molecule has 1 aromatic rings. The van der Waals surface area contributed by atoms with Gasteiger partial charge in [-0.3, -0.25) is 0 Å². The Morgan fingerprint density at radius 1 is 1.59 bits per heavy atom. The zero-order valence-electron chi connectivity index (χ0n) is 9.29. The number of anilines is 1. The molecule has 1 aliphatic rings. The molecule has 0 bridgehead atoms. The zero-order valence-corrected chi connectivity index (χ0v) is 10.9. The van der Waals surface area contributed by atoms with Crippen LogP contribution >= 0.6 is 11.3 Å².